The molecule has 4 heteroatoms. The molecule has 1 aromatic carbocycles. The third-order valence-electron chi connectivity index (χ3n) is 3.50. The van der Waals surface area contributed by atoms with Crippen LogP contribution in [0.5, 0.6) is 11.5 Å². The topological polar surface area (TPSA) is 39.7 Å². The molecule has 0 aromatic heterocycles. The first kappa shape index (κ1) is 15.1. The Balaban J connectivity index is 2.23. The molecule has 0 saturated carbocycles. The summed E-state index contributed by atoms with van der Waals surface area (Å²) in [6.45, 7) is 9.18. The molecule has 1 heterocycles. The van der Waals surface area contributed by atoms with Gasteiger partial charge in [0.2, 0.25) is 0 Å². The minimum absolute atomic E-state index is 0.169. The molecule has 0 amide bonds. The third-order valence-corrected chi connectivity index (χ3v) is 3.50. The first-order valence-corrected chi connectivity index (χ1v) is 7.54. The lowest BCUT2D eigenvalue weighted by Gasteiger charge is -2.28. The van der Waals surface area contributed by atoms with E-state index in [4.69, 9.17) is 14.2 Å². The number of hydrogen-bond acceptors (Lipinski definition) is 4. The zero-order chi connectivity index (χ0) is 14.4. The van der Waals surface area contributed by atoms with Crippen LogP contribution in [-0.4, -0.2) is 32.5 Å². The second-order valence-electron chi connectivity index (χ2n) is 4.84. The quantitative estimate of drug-likeness (QED) is 0.833. The van der Waals surface area contributed by atoms with Crippen molar-refractivity contribution in [2.45, 2.75) is 39.3 Å². The Labute approximate surface area is 121 Å². The van der Waals surface area contributed by atoms with Crippen LogP contribution >= 0.6 is 0 Å². The Bertz CT molecular complexity index is 422. The average Bonchev–Trinajstić information content (AvgIpc) is 2.50. The van der Waals surface area contributed by atoms with Crippen molar-refractivity contribution >= 4 is 0 Å². The molecule has 1 N–H and O–H groups in total. The Hall–Kier alpha value is -1.26. The molecule has 2 atom stereocenters. The van der Waals surface area contributed by atoms with Crippen LogP contribution in [0.3, 0.4) is 0 Å². The van der Waals surface area contributed by atoms with Crippen LogP contribution < -0.4 is 14.8 Å². The van der Waals surface area contributed by atoms with Crippen LogP contribution in [0.2, 0.25) is 0 Å². The highest BCUT2D eigenvalue weighted by Gasteiger charge is 2.23. The Morgan fingerprint density at radius 3 is 2.55 bits per heavy atom. The van der Waals surface area contributed by atoms with E-state index in [1.165, 1.54) is 5.56 Å². The van der Waals surface area contributed by atoms with Crippen molar-refractivity contribution in [3.8, 4) is 11.5 Å². The van der Waals surface area contributed by atoms with Gasteiger partial charge in [-0.15, -0.1) is 0 Å². The average molecular weight is 279 g/mol. The molecule has 1 aliphatic heterocycles. The Kier molecular flexibility index (Phi) is 5.68. The van der Waals surface area contributed by atoms with Crippen LogP contribution in [0.25, 0.3) is 0 Å². The Morgan fingerprint density at radius 2 is 1.90 bits per heavy atom. The van der Waals surface area contributed by atoms with Gasteiger partial charge in [0.15, 0.2) is 11.5 Å². The number of fused-ring (bicyclic) bond motifs is 1. The fourth-order valence-electron chi connectivity index (χ4n) is 2.60. The second-order valence-corrected chi connectivity index (χ2v) is 4.84. The lowest BCUT2D eigenvalue weighted by Crippen LogP contribution is -2.33. The summed E-state index contributed by atoms with van der Waals surface area (Å²) < 4.78 is 17.1. The predicted octanol–water partition coefficient (Wildman–Crippen LogP) is 2.92. The maximum Gasteiger partial charge on any atom is 0.161 e. The van der Waals surface area contributed by atoms with E-state index in [-0.39, 0.29) is 12.1 Å². The van der Waals surface area contributed by atoms with Crippen molar-refractivity contribution < 1.29 is 14.2 Å². The summed E-state index contributed by atoms with van der Waals surface area (Å²) in [6.07, 6.45) is 1.14. The predicted molar refractivity (Wildman–Crippen MR) is 79.6 cm³/mol. The first-order chi connectivity index (χ1) is 9.80. The summed E-state index contributed by atoms with van der Waals surface area (Å²) in [5.74, 6) is 1.67. The van der Waals surface area contributed by atoms with Gasteiger partial charge in [-0.2, -0.15) is 0 Å². The minimum Gasteiger partial charge on any atom is -0.486 e. The molecule has 0 fully saturated rings. The van der Waals surface area contributed by atoms with E-state index in [1.54, 1.807) is 0 Å². The molecule has 2 unspecified atom stereocenters. The fourth-order valence-corrected chi connectivity index (χ4v) is 2.60. The molecule has 0 spiro atoms. The van der Waals surface area contributed by atoms with Crippen LogP contribution in [0.1, 0.15) is 38.8 Å². The van der Waals surface area contributed by atoms with Gasteiger partial charge in [-0.25, -0.2) is 0 Å². The van der Waals surface area contributed by atoms with E-state index in [9.17, 15) is 0 Å². The molecule has 20 heavy (non-hydrogen) atoms. The smallest absolute Gasteiger partial charge is 0.161 e. The van der Waals surface area contributed by atoms with E-state index < -0.39 is 0 Å². The van der Waals surface area contributed by atoms with E-state index in [0.29, 0.717) is 13.2 Å². The van der Waals surface area contributed by atoms with Gasteiger partial charge in [0.1, 0.15) is 13.2 Å². The summed E-state index contributed by atoms with van der Waals surface area (Å²) in [7, 11) is 0. The van der Waals surface area contributed by atoms with Crippen molar-refractivity contribution in [2.75, 3.05) is 26.4 Å². The van der Waals surface area contributed by atoms with Gasteiger partial charge >= 0.3 is 0 Å². The highest BCUT2D eigenvalue weighted by Crippen LogP contribution is 2.34. The molecule has 0 bridgehead atoms. The van der Waals surface area contributed by atoms with Crippen molar-refractivity contribution in [2.24, 2.45) is 0 Å². The van der Waals surface area contributed by atoms with E-state index >= 15 is 0 Å². The minimum atomic E-state index is 0.169. The number of rotatable bonds is 7. The van der Waals surface area contributed by atoms with E-state index in [0.717, 1.165) is 31.1 Å². The highest BCUT2D eigenvalue weighted by molar-refractivity contribution is 5.44. The monoisotopic (exact) mass is 279 g/mol. The van der Waals surface area contributed by atoms with Crippen molar-refractivity contribution in [3.63, 3.8) is 0 Å². The summed E-state index contributed by atoms with van der Waals surface area (Å²) in [5, 5.41) is 3.52. The van der Waals surface area contributed by atoms with E-state index in [2.05, 4.69) is 31.3 Å². The first-order valence-electron chi connectivity index (χ1n) is 7.54. The molecule has 0 aliphatic carbocycles. The molecule has 1 aromatic rings. The van der Waals surface area contributed by atoms with Gasteiger partial charge in [0, 0.05) is 6.61 Å². The molecule has 0 radical (unpaired) electrons. The maximum absolute atomic E-state index is 5.87. The largest absolute Gasteiger partial charge is 0.486 e. The normalized spacial score (nSPS) is 16.8. The summed E-state index contributed by atoms with van der Waals surface area (Å²) >= 11 is 0. The molecular weight excluding hydrogens is 254 g/mol. The van der Waals surface area contributed by atoms with Crippen LogP contribution in [0.15, 0.2) is 18.2 Å². The molecule has 1 aliphatic rings. The van der Waals surface area contributed by atoms with Crippen LogP contribution in [0, 0.1) is 0 Å². The van der Waals surface area contributed by atoms with E-state index in [1.807, 2.05) is 13.0 Å². The number of likely N-dealkylation sites (N-methyl/N-ethyl adjacent to an activating group) is 1. The summed E-state index contributed by atoms with van der Waals surface area (Å²) in [4.78, 5) is 0. The SMILES string of the molecule is CCNC(c1ccc2c(c1)OCCO2)C(CC)OCC. The van der Waals surface area contributed by atoms with Gasteiger partial charge < -0.3 is 19.5 Å². The van der Waals surface area contributed by atoms with Gasteiger partial charge in [-0.3, -0.25) is 0 Å². The lowest BCUT2D eigenvalue weighted by molar-refractivity contribution is 0.0317. The summed E-state index contributed by atoms with van der Waals surface area (Å²) in [6, 6.07) is 6.35. The number of benzene rings is 1. The lowest BCUT2D eigenvalue weighted by atomic mass is 9.98. The molecule has 2 rings (SSSR count). The van der Waals surface area contributed by atoms with Gasteiger partial charge in [-0.05, 0) is 37.6 Å². The van der Waals surface area contributed by atoms with Gasteiger partial charge in [0.25, 0.3) is 0 Å². The Morgan fingerprint density at radius 1 is 1.15 bits per heavy atom. The zero-order valence-electron chi connectivity index (χ0n) is 12.6. The van der Waals surface area contributed by atoms with Gasteiger partial charge in [-0.1, -0.05) is 19.9 Å². The second kappa shape index (κ2) is 7.50. The number of nitrogens with one attached hydrogen (secondary N) is 1. The molecular formula is C16H25NO3. The summed E-state index contributed by atoms with van der Waals surface area (Å²) in [5.41, 5.74) is 1.19. The van der Waals surface area contributed by atoms with Crippen molar-refractivity contribution in [3.05, 3.63) is 23.8 Å². The number of ether oxygens (including phenoxy) is 3. The standard InChI is InChI=1S/C16H25NO3/c1-4-13(18-6-3)16(17-5-2)12-7-8-14-15(11-12)20-10-9-19-14/h7-8,11,13,16-17H,4-6,9-10H2,1-3H3. The number of hydrogen-bond donors (Lipinski definition) is 1. The van der Waals surface area contributed by atoms with Gasteiger partial charge in [0.05, 0.1) is 12.1 Å². The molecule has 112 valence electrons. The van der Waals surface area contributed by atoms with Crippen LogP contribution in [-0.2, 0) is 4.74 Å². The third kappa shape index (κ3) is 3.44. The molecule has 4 nitrogen and oxygen atoms in total. The fraction of sp³-hybridized carbons (Fsp3) is 0.625. The maximum atomic E-state index is 5.87. The highest BCUT2D eigenvalue weighted by atomic mass is 16.6. The zero-order valence-corrected chi connectivity index (χ0v) is 12.6. The molecule has 0 saturated heterocycles. The van der Waals surface area contributed by atoms with Crippen LogP contribution in [0.4, 0.5) is 0 Å². The van der Waals surface area contributed by atoms with Crippen molar-refractivity contribution in [1.29, 1.82) is 0 Å². The van der Waals surface area contributed by atoms with Crippen molar-refractivity contribution in [1.82, 2.24) is 5.32 Å².